The van der Waals surface area contributed by atoms with Crippen molar-refractivity contribution in [1.82, 2.24) is 9.62 Å². The Morgan fingerprint density at radius 1 is 1.09 bits per heavy atom. The maximum Gasteiger partial charge on any atom is 0.246 e. The van der Waals surface area contributed by atoms with Gasteiger partial charge < -0.3 is 5.32 Å². The van der Waals surface area contributed by atoms with Crippen LogP contribution in [0.2, 0.25) is 0 Å². The second kappa shape index (κ2) is 6.35. The van der Waals surface area contributed by atoms with Gasteiger partial charge >= 0.3 is 0 Å². The second-order valence-electron chi connectivity index (χ2n) is 5.50. The van der Waals surface area contributed by atoms with E-state index in [9.17, 15) is 21.6 Å². The normalized spacial score (nSPS) is 25.6. The molecule has 2 heterocycles. The topological polar surface area (TPSA) is 49.4 Å². The molecule has 0 aromatic heterocycles. The minimum Gasteiger partial charge on any atom is -0.316 e. The van der Waals surface area contributed by atoms with Crippen LogP contribution in [0.5, 0.6) is 0 Å². The number of piperidine rings is 1. The highest BCUT2D eigenvalue weighted by molar-refractivity contribution is 7.89. The number of hydrogen-bond donors (Lipinski definition) is 1. The summed E-state index contributed by atoms with van der Waals surface area (Å²) < 4.78 is 66.0. The first-order valence-corrected chi connectivity index (χ1v) is 8.19. The largest absolute Gasteiger partial charge is 0.316 e. The zero-order valence-corrected chi connectivity index (χ0v) is 13.2. The summed E-state index contributed by atoms with van der Waals surface area (Å²) in [4.78, 5) is -0.800. The quantitative estimate of drug-likeness (QED) is 0.821. The minimum atomic E-state index is -4.15. The van der Waals surface area contributed by atoms with Crippen LogP contribution in [0.25, 0.3) is 0 Å². The third kappa shape index (κ3) is 2.84. The molecule has 3 rings (SSSR count). The van der Waals surface area contributed by atoms with Gasteiger partial charge in [-0.3, -0.25) is 0 Å². The summed E-state index contributed by atoms with van der Waals surface area (Å²) in [6.45, 7) is 2.12. The molecule has 2 atom stereocenters. The van der Waals surface area contributed by atoms with Gasteiger partial charge in [-0.2, -0.15) is 4.31 Å². The molecule has 1 aromatic rings. The van der Waals surface area contributed by atoms with Crippen LogP contribution in [0, 0.1) is 29.3 Å². The summed E-state index contributed by atoms with van der Waals surface area (Å²) in [6, 6.07) is 1.41. The molecule has 0 radical (unpaired) electrons. The Hall–Kier alpha value is -0.830. The van der Waals surface area contributed by atoms with Crippen LogP contribution in [0.3, 0.4) is 0 Å². The number of fused-ring (bicyclic) bond motifs is 1. The standard InChI is InChI=1S/C13H15F3N2O2S.ClH/c14-10-1-2-11(13(16)12(10)15)21(19,20)18-4-3-8-5-17-6-9(8)7-18;/h1-2,8-9,17H,3-7H2;1H. The first kappa shape index (κ1) is 17.5. The van der Waals surface area contributed by atoms with Crippen LogP contribution in [-0.2, 0) is 10.0 Å². The molecule has 4 nitrogen and oxygen atoms in total. The van der Waals surface area contributed by atoms with Crippen molar-refractivity contribution in [3.63, 3.8) is 0 Å². The Kier molecular flexibility index (Phi) is 5.06. The van der Waals surface area contributed by atoms with Crippen molar-refractivity contribution in [2.24, 2.45) is 11.8 Å². The van der Waals surface area contributed by atoms with Gasteiger partial charge in [0.05, 0.1) is 0 Å². The monoisotopic (exact) mass is 356 g/mol. The van der Waals surface area contributed by atoms with Crippen molar-refractivity contribution >= 4 is 22.4 Å². The molecule has 0 amide bonds. The molecular formula is C13H16ClF3N2O2S. The Morgan fingerprint density at radius 3 is 2.50 bits per heavy atom. The van der Waals surface area contributed by atoms with Crippen molar-refractivity contribution < 1.29 is 21.6 Å². The van der Waals surface area contributed by atoms with Gasteiger partial charge in [0.1, 0.15) is 4.90 Å². The molecule has 1 aromatic carbocycles. The van der Waals surface area contributed by atoms with Crippen LogP contribution >= 0.6 is 12.4 Å². The third-order valence-electron chi connectivity index (χ3n) is 4.28. The molecule has 0 aliphatic carbocycles. The van der Waals surface area contributed by atoms with Gasteiger partial charge in [-0.15, -0.1) is 12.4 Å². The fourth-order valence-electron chi connectivity index (χ4n) is 3.07. The number of nitrogens with one attached hydrogen (secondary N) is 1. The molecule has 0 bridgehead atoms. The number of nitrogens with zero attached hydrogens (tertiary/aromatic N) is 1. The highest BCUT2D eigenvalue weighted by Gasteiger charge is 2.39. The molecule has 2 saturated heterocycles. The van der Waals surface area contributed by atoms with Crippen molar-refractivity contribution in [1.29, 1.82) is 0 Å². The predicted molar refractivity (Wildman–Crippen MR) is 76.8 cm³/mol. The fourth-order valence-corrected chi connectivity index (χ4v) is 4.63. The lowest BCUT2D eigenvalue weighted by atomic mass is 9.90. The van der Waals surface area contributed by atoms with Crippen molar-refractivity contribution in [2.45, 2.75) is 11.3 Å². The van der Waals surface area contributed by atoms with Crippen molar-refractivity contribution in [3.8, 4) is 0 Å². The molecule has 2 unspecified atom stereocenters. The maximum absolute atomic E-state index is 13.7. The Balaban J connectivity index is 0.00000176. The molecule has 2 aliphatic heterocycles. The van der Waals surface area contributed by atoms with Gasteiger partial charge in [-0.25, -0.2) is 21.6 Å². The van der Waals surface area contributed by atoms with Crippen LogP contribution < -0.4 is 5.32 Å². The number of hydrogen-bond acceptors (Lipinski definition) is 3. The number of sulfonamides is 1. The molecule has 0 saturated carbocycles. The summed E-state index contributed by atoms with van der Waals surface area (Å²) in [5.74, 6) is -4.20. The zero-order chi connectivity index (χ0) is 15.2. The summed E-state index contributed by atoms with van der Waals surface area (Å²) in [5.41, 5.74) is 0. The van der Waals surface area contributed by atoms with E-state index in [0.29, 0.717) is 18.4 Å². The van der Waals surface area contributed by atoms with E-state index in [1.54, 1.807) is 0 Å². The Morgan fingerprint density at radius 2 is 1.77 bits per heavy atom. The molecule has 2 aliphatic rings. The predicted octanol–water partition coefficient (Wildman–Crippen LogP) is 1.76. The van der Waals surface area contributed by atoms with Crippen LogP contribution in [-0.4, -0.2) is 38.9 Å². The number of benzene rings is 1. The maximum atomic E-state index is 13.7. The van der Waals surface area contributed by atoms with Crippen molar-refractivity contribution in [3.05, 3.63) is 29.6 Å². The Bertz CT molecular complexity index is 671. The number of halogens is 4. The van der Waals surface area contributed by atoms with E-state index in [2.05, 4.69) is 5.32 Å². The third-order valence-corrected chi connectivity index (χ3v) is 6.17. The summed E-state index contributed by atoms with van der Waals surface area (Å²) in [7, 11) is -4.15. The second-order valence-corrected chi connectivity index (χ2v) is 7.41. The molecule has 22 heavy (non-hydrogen) atoms. The first-order chi connectivity index (χ1) is 9.91. The van der Waals surface area contributed by atoms with Gasteiger partial charge in [0, 0.05) is 13.1 Å². The van der Waals surface area contributed by atoms with E-state index < -0.39 is 32.4 Å². The lowest BCUT2D eigenvalue weighted by molar-refractivity contribution is 0.227. The molecule has 124 valence electrons. The van der Waals surface area contributed by atoms with Crippen LogP contribution in [0.4, 0.5) is 13.2 Å². The fraction of sp³-hybridized carbons (Fsp3) is 0.538. The average Bonchev–Trinajstić information content (AvgIpc) is 2.92. The Labute approximate surface area is 133 Å². The molecule has 1 N–H and O–H groups in total. The summed E-state index contributed by atoms with van der Waals surface area (Å²) in [6.07, 6.45) is 0.683. The first-order valence-electron chi connectivity index (χ1n) is 6.75. The smallest absolute Gasteiger partial charge is 0.246 e. The van der Waals surface area contributed by atoms with E-state index in [0.717, 1.165) is 23.5 Å². The summed E-state index contributed by atoms with van der Waals surface area (Å²) >= 11 is 0. The van der Waals surface area contributed by atoms with Crippen molar-refractivity contribution in [2.75, 3.05) is 26.2 Å². The van der Waals surface area contributed by atoms with Gasteiger partial charge in [0.25, 0.3) is 0 Å². The number of rotatable bonds is 2. The minimum absolute atomic E-state index is 0. The zero-order valence-electron chi connectivity index (χ0n) is 11.6. The van der Waals surface area contributed by atoms with E-state index in [-0.39, 0.29) is 31.4 Å². The van der Waals surface area contributed by atoms with E-state index >= 15 is 0 Å². The molecule has 2 fully saturated rings. The van der Waals surface area contributed by atoms with Crippen LogP contribution in [0.15, 0.2) is 17.0 Å². The lowest BCUT2D eigenvalue weighted by Crippen LogP contribution is -2.43. The van der Waals surface area contributed by atoms with Crippen LogP contribution in [0.1, 0.15) is 6.42 Å². The van der Waals surface area contributed by atoms with E-state index in [1.807, 2.05) is 0 Å². The van der Waals surface area contributed by atoms with Gasteiger partial charge in [-0.1, -0.05) is 0 Å². The lowest BCUT2D eigenvalue weighted by Gasteiger charge is -2.33. The van der Waals surface area contributed by atoms with E-state index in [1.165, 1.54) is 0 Å². The highest BCUT2D eigenvalue weighted by Crippen LogP contribution is 2.31. The highest BCUT2D eigenvalue weighted by atomic mass is 35.5. The van der Waals surface area contributed by atoms with Gasteiger partial charge in [0.2, 0.25) is 10.0 Å². The summed E-state index contributed by atoms with van der Waals surface area (Å²) in [5, 5.41) is 3.20. The molecule has 0 spiro atoms. The average molecular weight is 357 g/mol. The van der Waals surface area contributed by atoms with Gasteiger partial charge in [0.15, 0.2) is 17.5 Å². The molecule has 9 heteroatoms. The van der Waals surface area contributed by atoms with Gasteiger partial charge in [-0.05, 0) is 43.5 Å². The van der Waals surface area contributed by atoms with E-state index in [4.69, 9.17) is 0 Å². The SMILES string of the molecule is Cl.O=S(=O)(c1ccc(F)c(F)c1F)N1CCC2CNCC2C1. The molecular weight excluding hydrogens is 341 g/mol.